The molecule has 1 unspecified atom stereocenters. The second-order valence-electron chi connectivity index (χ2n) is 16.4. The Morgan fingerprint density at radius 1 is 0.931 bits per heavy atom. The van der Waals surface area contributed by atoms with Gasteiger partial charge in [-0.3, -0.25) is 14.7 Å². The second kappa shape index (κ2) is 19.4. The number of ether oxygens (including phenoxy) is 3. The van der Waals surface area contributed by atoms with Gasteiger partial charge in [-0.05, 0) is 130 Å². The van der Waals surface area contributed by atoms with Gasteiger partial charge in [0.2, 0.25) is 0 Å². The topological polar surface area (TPSA) is 120 Å². The fraction of sp³-hybridized carbons (Fsp3) is 0.468. The molecule has 0 amide bonds. The summed E-state index contributed by atoms with van der Waals surface area (Å²) in [5.41, 5.74) is 7.91. The van der Waals surface area contributed by atoms with E-state index in [4.69, 9.17) is 25.8 Å². The Hall–Kier alpha value is -4.66. The molecule has 4 aromatic rings. The lowest BCUT2D eigenvalue weighted by Gasteiger charge is -2.45. The van der Waals surface area contributed by atoms with Gasteiger partial charge in [0.1, 0.15) is 42.6 Å². The highest BCUT2D eigenvalue weighted by molar-refractivity contribution is 6.32. The Labute approximate surface area is 348 Å². The third-order valence-electron chi connectivity index (χ3n) is 12.3. The van der Waals surface area contributed by atoms with Crippen LogP contribution in [0.3, 0.4) is 0 Å². The first-order chi connectivity index (χ1) is 28.2. The Kier molecular flexibility index (Phi) is 13.9. The monoisotopic (exact) mass is 805 g/mol. The molecule has 0 radical (unpaired) electrons. The van der Waals surface area contributed by atoms with Crippen molar-refractivity contribution < 1.29 is 24.1 Å². The number of nitriles is 1. The van der Waals surface area contributed by atoms with Gasteiger partial charge in [-0.15, -0.1) is 0 Å². The number of carboxylic acid groups (broad SMARTS) is 1. The minimum absolute atomic E-state index is 0.166. The number of likely N-dealkylation sites (tertiary alicyclic amines) is 2. The first kappa shape index (κ1) is 41.5. The molecule has 306 valence electrons. The van der Waals surface area contributed by atoms with Crippen molar-refractivity contribution in [2.24, 2.45) is 5.41 Å². The molecular formula is C47H56ClN5O5. The smallest absolute Gasteiger partial charge is 0.320 e. The van der Waals surface area contributed by atoms with Gasteiger partial charge in [0.25, 0.3) is 0 Å². The van der Waals surface area contributed by atoms with Crippen LogP contribution in [0.1, 0.15) is 84.7 Å². The molecular weight excluding hydrogens is 750 g/mol. The molecule has 7 rings (SSSR count). The van der Waals surface area contributed by atoms with E-state index in [2.05, 4.69) is 71.5 Å². The highest BCUT2D eigenvalue weighted by Gasteiger charge is 2.36. The van der Waals surface area contributed by atoms with Gasteiger partial charge in [-0.2, -0.15) is 5.26 Å². The average Bonchev–Trinajstić information content (AvgIpc) is 3.23. The van der Waals surface area contributed by atoms with E-state index in [0.717, 1.165) is 83.6 Å². The van der Waals surface area contributed by atoms with Crippen LogP contribution in [0.15, 0.2) is 67.0 Å². The third-order valence-corrected chi connectivity index (χ3v) is 12.6. The number of nitrogens with zero attached hydrogens (tertiary/aromatic N) is 4. The number of halogens is 1. The van der Waals surface area contributed by atoms with Crippen molar-refractivity contribution in [1.29, 1.82) is 5.26 Å². The first-order valence-corrected chi connectivity index (χ1v) is 21.2. The Balaban J connectivity index is 1.03. The predicted octanol–water partition coefficient (Wildman–Crippen LogP) is 8.72. The summed E-state index contributed by atoms with van der Waals surface area (Å²) in [5.74, 6) is 1.09. The molecule has 3 aliphatic heterocycles. The van der Waals surface area contributed by atoms with Crippen LogP contribution in [-0.4, -0.2) is 77.8 Å². The maximum Gasteiger partial charge on any atom is 0.320 e. The quantitative estimate of drug-likeness (QED) is 0.113. The van der Waals surface area contributed by atoms with Crippen molar-refractivity contribution in [3.05, 3.63) is 105 Å². The van der Waals surface area contributed by atoms with Gasteiger partial charge in [-0.25, -0.2) is 0 Å². The predicted molar refractivity (Wildman–Crippen MR) is 226 cm³/mol. The molecule has 58 heavy (non-hydrogen) atoms. The van der Waals surface area contributed by atoms with Crippen LogP contribution in [0.5, 0.6) is 17.2 Å². The highest BCUT2D eigenvalue weighted by Crippen LogP contribution is 2.38. The summed E-state index contributed by atoms with van der Waals surface area (Å²) >= 11 is 6.90. The van der Waals surface area contributed by atoms with E-state index in [0.29, 0.717) is 53.6 Å². The molecule has 4 heterocycles. The zero-order chi connectivity index (χ0) is 40.5. The van der Waals surface area contributed by atoms with Crippen LogP contribution in [0.4, 0.5) is 0 Å². The normalized spacial score (nSPS) is 20.1. The van der Waals surface area contributed by atoms with Gasteiger partial charge in [-0.1, -0.05) is 48.4 Å². The van der Waals surface area contributed by atoms with E-state index >= 15 is 0 Å². The number of piperidine rings is 3. The van der Waals surface area contributed by atoms with Crippen molar-refractivity contribution in [2.45, 2.75) is 91.0 Å². The van der Waals surface area contributed by atoms with Gasteiger partial charge >= 0.3 is 5.97 Å². The van der Waals surface area contributed by atoms with Crippen molar-refractivity contribution in [3.8, 4) is 34.4 Å². The molecule has 0 aliphatic carbocycles. The van der Waals surface area contributed by atoms with E-state index < -0.39 is 12.0 Å². The standard InChI is InChI=1S/C47H56ClN5O5/c1-33-37(10-5-11-39(33)40-12-6-14-43(34(40)2)56-21-9-19-52-18-8-16-47(32-52)15-7-17-50-31-47)30-58-45-24-44(57-29-36-22-35(25-49)26-51-27-36)38(23-41(45)48)28-53-20-4-3-13-42(53)46(54)55/h5-6,10-12,14,22-24,26-27,42,50H,3-4,7-9,13,15-21,28-32H2,1-2H3,(H,54,55)/t42-,47?/m0/s1. The van der Waals surface area contributed by atoms with E-state index in [1.165, 1.54) is 45.0 Å². The Morgan fingerprint density at radius 2 is 1.74 bits per heavy atom. The fourth-order valence-electron chi connectivity index (χ4n) is 9.11. The van der Waals surface area contributed by atoms with E-state index in [9.17, 15) is 15.2 Å². The fourth-order valence-corrected chi connectivity index (χ4v) is 9.35. The summed E-state index contributed by atoms with van der Waals surface area (Å²) < 4.78 is 19.2. The van der Waals surface area contributed by atoms with Crippen LogP contribution in [0.25, 0.3) is 11.1 Å². The molecule has 2 N–H and O–H groups in total. The van der Waals surface area contributed by atoms with Crippen molar-refractivity contribution in [1.82, 2.24) is 20.1 Å². The lowest BCUT2D eigenvalue weighted by atomic mass is 9.74. The van der Waals surface area contributed by atoms with Crippen LogP contribution < -0.4 is 19.5 Å². The minimum atomic E-state index is -0.826. The molecule has 3 saturated heterocycles. The maximum atomic E-state index is 12.1. The summed E-state index contributed by atoms with van der Waals surface area (Å²) in [5, 5.41) is 23.4. The summed E-state index contributed by atoms with van der Waals surface area (Å²) in [7, 11) is 0. The van der Waals surface area contributed by atoms with Crippen LogP contribution in [0, 0.1) is 30.6 Å². The Bertz CT molecular complexity index is 2090. The van der Waals surface area contributed by atoms with Gasteiger partial charge in [0.15, 0.2) is 0 Å². The minimum Gasteiger partial charge on any atom is -0.493 e. The van der Waals surface area contributed by atoms with E-state index in [1.54, 1.807) is 18.3 Å². The number of aliphatic carboxylic acids is 1. The number of carboxylic acids is 1. The third kappa shape index (κ3) is 10.1. The van der Waals surface area contributed by atoms with Crippen molar-refractivity contribution in [2.75, 3.05) is 45.9 Å². The molecule has 0 saturated carbocycles. The number of aromatic nitrogens is 1. The molecule has 11 heteroatoms. The number of rotatable bonds is 15. The van der Waals surface area contributed by atoms with Gasteiger partial charge < -0.3 is 29.5 Å². The summed E-state index contributed by atoms with van der Waals surface area (Å²) in [6.45, 7) is 12.2. The Morgan fingerprint density at radius 3 is 2.55 bits per heavy atom. The summed E-state index contributed by atoms with van der Waals surface area (Å²) in [6, 6.07) is 19.5. The van der Waals surface area contributed by atoms with Gasteiger partial charge in [0.05, 0.1) is 17.2 Å². The lowest BCUT2D eigenvalue weighted by Crippen LogP contribution is -2.51. The zero-order valence-electron chi connectivity index (χ0n) is 33.9. The molecule has 1 aromatic heterocycles. The van der Waals surface area contributed by atoms with Gasteiger partial charge in [0, 0.05) is 55.8 Å². The number of pyridine rings is 1. The molecule has 3 aliphatic rings. The average molecular weight is 806 g/mol. The summed E-state index contributed by atoms with van der Waals surface area (Å²) in [6.07, 6.45) is 11.8. The first-order valence-electron chi connectivity index (χ1n) is 20.9. The molecule has 10 nitrogen and oxygen atoms in total. The number of hydrogen-bond donors (Lipinski definition) is 2. The number of nitrogens with one attached hydrogen (secondary N) is 1. The van der Waals surface area contributed by atoms with Crippen molar-refractivity contribution in [3.63, 3.8) is 0 Å². The number of hydrogen-bond acceptors (Lipinski definition) is 9. The highest BCUT2D eigenvalue weighted by atomic mass is 35.5. The molecule has 3 fully saturated rings. The number of benzene rings is 3. The molecule has 3 aromatic carbocycles. The van der Waals surface area contributed by atoms with Crippen LogP contribution in [0.2, 0.25) is 5.02 Å². The maximum absolute atomic E-state index is 12.1. The molecule has 0 bridgehead atoms. The van der Waals surface area contributed by atoms with Crippen LogP contribution >= 0.6 is 11.6 Å². The molecule has 1 spiro atoms. The van der Waals surface area contributed by atoms with E-state index in [-0.39, 0.29) is 13.2 Å². The SMILES string of the molecule is Cc1c(COc2cc(OCc3cncc(C#N)c3)c(CN3CCCC[C@H]3C(=O)O)cc2Cl)cccc1-c1cccc(OCCCN2CCCC3(CCCNC3)C2)c1C. The van der Waals surface area contributed by atoms with E-state index in [1.807, 2.05) is 11.0 Å². The number of carbonyl (C=O) groups is 1. The second-order valence-corrected chi connectivity index (χ2v) is 16.8. The van der Waals surface area contributed by atoms with Crippen molar-refractivity contribution >= 4 is 17.6 Å². The largest absolute Gasteiger partial charge is 0.493 e. The molecule has 2 atom stereocenters. The van der Waals surface area contributed by atoms with Crippen LogP contribution in [-0.2, 0) is 24.6 Å². The zero-order valence-corrected chi connectivity index (χ0v) is 34.7. The summed E-state index contributed by atoms with van der Waals surface area (Å²) in [4.78, 5) is 20.9. The lowest BCUT2D eigenvalue weighted by molar-refractivity contribution is -0.144.